The quantitative estimate of drug-likeness (QED) is 0.356. The van der Waals surface area contributed by atoms with Gasteiger partial charge in [-0.25, -0.2) is 14.2 Å². The van der Waals surface area contributed by atoms with Crippen LogP contribution in [0.5, 0.6) is 0 Å². The summed E-state index contributed by atoms with van der Waals surface area (Å²) >= 11 is 7.32. The molecule has 1 N–H and O–H groups in total. The van der Waals surface area contributed by atoms with Gasteiger partial charge >= 0.3 is 11.8 Å². The molecule has 0 aliphatic heterocycles. The van der Waals surface area contributed by atoms with Crippen molar-refractivity contribution < 1.29 is 31.1 Å². The van der Waals surface area contributed by atoms with Crippen molar-refractivity contribution in [1.29, 1.82) is 0 Å². The highest BCUT2D eigenvalue weighted by Gasteiger charge is 3.03. The minimum atomic E-state index is -5.09. The summed E-state index contributed by atoms with van der Waals surface area (Å²) in [4.78, 5) is 12.5. The van der Waals surface area contributed by atoms with Crippen LogP contribution >= 0.6 is 22.9 Å². The molecule has 2 bridgehead atoms. The zero-order chi connectivity index (χ0) is 21.7. The molecule has 0 radical (unpaired) electrons. The van der Waals surface area contributed by atoms with Crippen LogP contribution in [0.25, 0.3) is 10.1 Å². The lowest BCUT2D eigenvalue weighted by Gasteiger charge is -2.61. The van der Waals surface area contributed by atoms with E-state index in [4.69, 9.17) is 11.6 Å². The van der Waals surface area contributed by atoms with E-state index in [2.05, 4.69) is 10.5 Å². The SMILES string of the molecule is O=C(N/N=C\[C@H]1C[C@H]2C[C@@H]1[C@@]1(F)C(F)(F)C(F)(F)[C@]21F)c1sc2ccccc2c1Cl. The van der Waals surface area contributed by atoms with Crippen molar-refractivity contribution >= 4 is 45.1 Å². The molecular formula is C19H13ClF6N2OS. The van der Waals surface area contributed by atoms with Crippen LogP contribution in [-0.2, 0) is 0 Å². The molecule has 0 spiro atoms. The lowest BCUT2D eigenvalue weighted by molar-refractivity contribution is -0.449. The van der Waals surface area contributed by atoms with Crippen LogP contribution in [-0.4, -0.2) is 35.3 Å². The van der Waals surface area contributed by atoms with Crippen molar-refractivity contribution in [1.82, 2.24) is 5.43 Å². The van der Waals surface area contributed by atoms with Crippen LogP contribution in [0.4, 0.5) is 26.3 Å². The monoisotopic (exact) mass is 466 g/mol. The lowest BCUT2D eigenvalue weighted by Crippen LogP contribution is -2.88. The van der Waals surface area contributed by atoms with Gasteiger partial charge in [0.05, 0.1) is 5.02 Å². The molecule has 0 unspecified atom stereocenters. The number of nitrogens with zero attached hydrogens (tertiary/aromatic N) is 1. The summed E-state index contributed by atoms with van der Waals surface area (Å²) in [5.41, 5.74) is -5.62. The van der Waals surface area contributed by atoms with Crippen molar-refractivity contribution in [2.45, 2.75) is 36.0 Å². The van der Waals surface area contributed by atoms with Gasteiger partial charge in [0.2, 0.25) is 11.3 Å². The molecule has 1 heterocycles. The third kappa shape index (κ3) is 2.00. The number of hydrogen-bond acceptors (Lipinski definition) is 3. The van der Waals surface area contributed by atoms with Gasteiger partial charge in [0, 0.05) is 34.1 Å². The average Bonchev–Trinajstić information content (AvgIpc) is 3.33. The number of thiophene rings is 1. The number of alkyl halides is 6. The Bertz CT molecular complexity index is 1110. The third-order valence-corrected chi connectivity index (χ3v) is 8.37. The minimum Gasteiger partial charge on any atom is -0.266 e. The first-order valence-electron chi connectivity index (χ1n) is 9.12. The first kappa shape index (κ1) is 20.1. The molecule has 1 aromatic heterocycles. The molecule has 1 aromatic carbocycles. The fourth-order valence-corrected chi connectivity index (χ4v) is 6.73. The second kappa shape index (κ2) is 5.91. The first-order valence-corrected chi connectivity index (χ1v) is 10.3. The molecule has 1 amide bonds. The number of amides is 1. The Hall–Kier alpha value is -1.81. The highest BCUT2D eigenvalue weighted by atomic mass is 35.5. The summed E-state index contributed by atoms with van der Waals surface area (Å²) < 4.78 is 85.5. The van der Waals surface area contributed by atoms with Gasteiger partial charge in [0.1, 0.15) is 4.88 Å². The Labute approximate surface area is 175 Å². The van der Waals surface area contributed by atoms with Gasteiger partial charge in [-0.3, -0.25) is 4.79 Å². The van der Waals surface area contributed by atoms with Crippen LogP contribution in [0.3, 0.4) is 0 Å². The molecule has 160 valence electrons. The number of fused-ring (bicyclic) bond motifs is 6. The van der Waals surface area contributed by atoms with E-state index in [0.29, 0.717) is 5.39 Å². The number of hydrazone groups is 1. The number of carbonyl (C=O) groups excluding carboxylic acids is 1. The number of rotatable bonds is 3. The molecule has 3 saturated carbocycles. The number of carbonyl (C=O) groups is 1. The van der Waals surface area contributed by atoms with Crippen LogP contribution < -0.4 is 5.43 Å². The Morgan fingerprint density at radius 2 is 1.77 bits per heavy atom. The summed E-state index contributed by atoms with van der Waals surface area (Å²) in [7, 11) is 0. The third-order valence-electron chi connectivity index (χ3n) is 6.70. The predicted molar refractivity (Wildman–Crippen MR) is 100 cm³/mol. The van der Waals surface area contributed by atoms with Gasteiger partial charge < -0.3 is 0 Å². The van der Waals surface area contributed by atoms with Crippen molar-refractivity contribution in [3.05, 3.63) is 34.2 Å². The van der Waals surface area contributed by atoms with Crippen LogP contribution in [0.1, 0.15) is 22.5 Å². The number of nitrogens with one attached hydrogen (secondary N) is 1. The van der Waals surface area contributed by atoms with Gasteiger partial charge in [-0.15, -0.1) is 11.3 Å². The van der Waals surface area contributed by atoms with Crippen LogP contribution in [0.15, 0.2) is 29.4 Å². The summed E-state index contributed by atoms with van der Waals surface area (Å²) in [5.74, 6) is -15.0. The van der Waals surface area contributed by atoms with Crippen molar-refractivity contribution in [3.63, 3.8) is 0 Å². The van der Waals surface area contributed by atoms with Gasteiger partial charge in [-0.05, 0) is 18.9 Å². The Balaban J connectivity index is 1.33. The molecular weight excluding hydrogens is 454 g/mol. The molecule has 5 rings (SSSR count). The lowest BCUT2D eigenvalue weighted by atomic mass is 9.53. The molecule has 3 aliphatic carbocycles. The second-order valence-electron chi connectivity index (χ2n) is 7.97. The van der Waals surface area contributed by atoms with Gasteiger partial charge in [0.15, 0.2) is 0 Å². The maximum Gasteiger partial charge on any atom is 0.350 e. The summed E-state index contributed by atoms with van der Waals surface area (Å²) in [6.07, 6.45) is 0.351. The molecule has 3 aliphatic rings. The van der Waals surface area contributed by atoms with E-state index in [0.717, 1.165) is 22.3 Å². The smallest absolute Gasteiger partial charge is 0.266 e. The Kier molecular flexibility index (Phi) is 3.96. The van der Waals surface area contributed by atoms with E-state index in [1.807, 2.05) is 0 Å². The molecule has 0 saturated heterocycles. The largest absolute Gasteiger partial charge is 0.350 e. The van der Waals surface area contributed by atoms with Crippen molar-refractivity contribution in [2.75, 3.05) is 0 Å². The first-order chi connectivity index (χ1) is 14.0. The number of hydrogen-bond donors (Lipinski definition) is 1. The van der Waals surface area contributed by atoms with E-state index < -0.39 is 53.3 Å². The molecule has 2 aromatic rings. The van der Waals surface area contributed by atoms with Crippen LogP contribution in [0.2, 0.25) is 5.02 Å². The topological polar surface area (TPSA) is 41.5 Å². The van der Waals surface area contributed by atoms with Crippen molar-refractivity contribution in [2.24, 2.45) is 22.9 Å². The van der Waals surface area contributed by atoms with E-state index in [9.17, 15) is 31.1 Å². The molecule has 5 atom stereocenters. The van der Waals surface area contributed by atoms with E-state index in [1.165, 1.54) is 0 Å². The maximum atomic E-state index is 14.9. The fraction of sp³-hybridized carbons (Fsp3) is 0.474. The van der Waals surface area contributed by atoms with E-state index in [-0.39, 0.29) is 16.3 Å². The zero-order valence-corrected chi connectivity index (χ0v) is 16.5. The van der Waals surface area contributed by atoms with E-state index in [1.54, 1.807) is 24.3 Å². The predicted octanol–water partition coefficient (Wildman–Crippen LogP) is 5.63. The number of benzene rings is 1. The van der Waals surface area contributed by atoms with Gasteiger partial charge in [0.25, 0.3) is 5.91 Å². The summed E-state index contributed by atoms with van der Waals surface area (Å²) in [6.45, 7) is 0. The van der Waals surface area contributed by atoms with E-state index >= 15 is 0 Å². The van der Waals surface area contributed by atoms with Gasteiger partial charge in [-0.1, -0.05) is 29.8 Å². The average molecular weight is 467 g/mol. The summed E-state index contributed by atoms with van der Waals surface area (Å²) in [5, 5.41) is 4.59. The number of halogens is 7. The Morgan fingerprint density at radius 1 is 1.10 bits per heavy atom. The zero-order valence-electron chi connectivity index (χ0n) is 14.9. The van der Waals surface area contributed by atoms with Gasteiger partial charge in [-0.2, -0.15) is 22.7 Å². The molecule has 3 nitrogen and oxygen atoms in total. The minimum absolute atomic E-state index is 0.179. The highest BCUT2D eigenvalue weighted by molar-refractivity contribution is 7.21. The molecule has 11 heteroatoms. The van der Waals surface area contributed by atoms with Crippen LogP contribution in [0, 0.1) is 17.8 Å². The Morgan fingerprint density at radius 3 is 2.47 bits per heavy atom. The fourth-order valence-electron chi connectivity index (χ4n) is 5.33. The standard InChI is InChI=1S/C19H13ClF6N2OS/c20-13-10-3-1-2-4-12(10)30-14(13)15(29)28-27-7-8-5-9-6-11(8)17(22)16(9,21)18(23,24)19(17,25)26/h1-4,7-9,11H,5-6H2,(H,28,29)/b27-7-/t8-,9+,11+,16+,17+/m1/s1. The summed E-state index contributed by atoms with van der Waals surface area (Å²) in [6, 6.07) is 7.05. The normalized spacial score (nSPS) is 38.0. The molecule has 30 heavy (non-hydrogen) atoms. The highest BCUT2D eigenvalue weighted by Crippen LogP contribution is 2.81. The maximum absolute atomic E-state index is 14.9. The van der Waals surface area contributed by atoms with Crippen molar-refractivity contribution in [3.8, 4) is 0 Å². The molecule has 3 fully saturated rings. The second-order valence-corrected chi connectivity index (χ2v) is 9.40.